The number of nitrogens with one attached hydrogen (secondary N) is 1. The van der Waals surface area contributed by atoms with E-state index in [0.717, 1.165) is 24.3 Å². The van der Waals surface area contributed by atoms with Gasteiger partial charge in [-0.05, 0) is 44.9 Å². The molecule has 0 aliphatic carbocycles. The molecule has 0 aliphatic heterocycles. The molecule has 0 aliphatic rings. The van der Waals surface area contributed by atoms with Crippen molar-refractivity contribution in [3.8, 4) is 5.75 Å². The lowest BCUT2D eigenvalue weighted by Crippen LogP contribution is -2.53. The van der Waals surface area contributed by atoms with Gasteiger partial charge in [-0.25, -0.2) is 0 Å². The van der Waals surface area contributed by atoms with Gasteiger partial charge in [-0.15, -0.1) is 0 Å². The summed E-state index contributed by atoms with van der Waals surface area (Å²) in [5.41, 5.74) is 5.90. The summed E-state index contributed by atoms with van der Waals surface area (Å²) in [6.45, 7) is 7.12. The van der Waals surface area contributed by atoms with Crippen LogP contribution in [-0.4, -0.2) is 24.6 Å². The molecule has 0 aromatic heterocycles. The van der Waals surface area contributed by atoms with Crippen LogP contribution in [0, 0.1) is 6.92 Å². The molecule has 0 radical (unpaired) electrons. The van der Waals surface area contributed by atoms with Gasteiger partial charge in [0.05, 0.1) is 12.1 Å². The Morgan fingerprint density at radius 2 is 2.11 bits per heavy atom. The van der Waals surface area contributed by atoms with E-state index in [1.807, 2.05) is 45.0 Å². The summed E-state index contributed by atoms with van der Waals surface area (Å²) < 4.78 is 5.71. The minimum atomic E-state index is -0.649. The van der Waals surface area contributed by atoms with Crippen LogP contribution in [0.15, 0.2) is 24.3 Å². The Balaban J connectivity index is 2.41. The van der Waals surface area contributed by atoms with E-state index in [2.05, 4.69) is 5.32 Å². The fourth-order valence-electron chi connectivity index (χ4n) is 2.02. The topological polar surface area (TPSA) is 64.3 Å². The Bertz CT molecular complexity index is 420. The van der Waals surface area contributed by atoms with Crippen molar-refractivity contribution >= 4 is 5.91 Å². The van der Waals surface area contributed by atoms with Crippen LogP contribution in [0.25, 0.3) is 0 Å². The average Bonchev–Trinajstić information content (AvgIpc) is 2.37. The van der Waals surface area contributed by atoms with Crippen molar-refractivity contribution in [3.05, 3.63) is 29.8 Å². The van der Waals surface area contributed by atoms with Crippen LogP contribution in [0.1, 0.15) is 32.3 Å². The highest BCUT2D eigenvalue weighted by Crippen LogP contribution is 2.17. The zero-order valence-electron chi connectivity index (χ0n) is 12.0. The number of hydrogen-bond acceptors (Lipinski definition) is 3. The van der Waals surface area contributed by atoms with Crippen LogP contribution in [0.5, 0.6) is 5.75 Å². The molecule has 1 aromatic carbocycles. The van der Waals surface area contributed by atoms with E-state index in [0.29, 0.717) is 13.0 Å². The van der Waals surface area contributed by atoms with E-state index in [-0.39, 0.29) is 5.91 Å². The molecule has 1 unspecified atom stereocenters. The van der Waals surface area contributed by atoms with Gasteiger partial charge in [0.25, 0.3) is 0 Å². The molecule has 1 rings (SSSR count). The summed E-state index contributed by atoms with van der Waals surface area (Å²) in [5.74, 6) is 0.581. The molecular formula is C15H24N2O2. The van der Waals surface area contributed by atoms with Gasteiger partial charge < -0.3 is 15.8 Å². The van der Waals surface area contributed by atoms with Gasteiger partial charge in [-0.3, -0.25) is 4.79 Å². The van der Waals surface area contributed by atoms with E-state index in [1.165, 1.54) is 0 Å². The number of hydrogen-bond donors (Lipinski definition) is 2. The predicted molar refractivity (Wildman–Crippen MR) is 77.2 cm³/mol. The van der Waals surface area contributed by atoms with Gasteiger partial charge >= 0.3 is 0 Å². The lowest BCUT2D eigenvalue weighted by Gasteiger charge is -2.26. The number of primary amides is 1. The minimum absolute atomic E-state index is 0.315. The van der Waals surface area contributed by atoms with Crippen molar-refractivity contribution in [2.75, 3.05) is 13.2 Å². The number of nitrogens with two attached hydrogens (primary N) is 1. The number of aryl methyl sites for hydroxylation is 1. The van der Waals surface area contributed by atoms with Crippen molar-refractivity contribution in [1.82, 2.24) is 5.32 Å². The summed E-state index contributed by atoms with van der Waals surface area (Å²) in [4.78, 5) is 11.4. The van der Waals surface area contributed by atoms with Gasteiger partial charge in [-0.1, -0.05) is 25.1 Å². The van der Waals surface area contributed by atoms with Crippen LogP contribution >= 0.6 is 0 Å². The summed E-state index contributed by atoms with van der Waals surface area (Å²) in [5, 5.41) is 3.14. The maximum Gasteiger partial charge on any atom is 0.237 e. The summed E-state index contributed by atoms with van der Waals surface area (Å²) >= 11 is 0. The first-order valence-electron chi connectivity index (χ1n) is 6.73. The largest absolute Gasteiger partial charge is 0.493 e. The number of para-hydroxylation sites is 1. The molecule has 1 aromatic rings. The highest BCUT2D eigenvalue weighted by Gasteiger charge is 2.29. The van der Waals surface area contributed by atoms with Gasteiger partial charge in [0.2, 0.25) is 5.91 Å². The third-order valence-electron chi connectivity index (χ3n) is 3.28. The van der Waals surface area contributed by atoms with Crippen molar-refractivity contribution in [3.63, 3.8) is 0 Å². The smallest absolute Gasteiger partial charge is 0.237 e. The number of rotatable bonds is 8. The Hall–Kier alpha value is -1.55. The van der Waals surface area contributed by atoms with Crippen molar-refractivity contribution < 1.29 is 9.53 Å². The summed E-state index contributed by atoms with van der Waals surface area (Å²) in [6.07, 6.45) is 1.45. The van der Waals surface area contributed by atoms with Crippen molar-refractivity contribution in [2.24, 2.45) is 5.73 Å². The Morgan fingerprint density at radius 1 is 1.42 bits per heavy atom. The van der Waals surface area contributed by atoms with E-state index in [4.69, 9.17) is 10.5 Å². The zero-order valence-corrected chi connectivity index (χ0v) is 12.0. The first-order valence-corrected chi connectivity index (χ1v) is 6.73. The molecule has 0 saturated carbocycles. The number of carbonyl (C=O) groups is 1. The second kappa shape index (κ2) is 7.14. The second-order valence-electron chi connectivity index (χ2n) is 4.94. The normalized spacial score (nSPS) is 13.8. The lowest BCUT2D eigenvalue weighted by atomic mass is 9.95. The number of amides is 1. The first kappa shape index (κ1) is 15.5. The van der Waals surface area contributed by atoms with E-state index in [9.17, 15) is 4.79 Å². The average molecular weight is 264 g/mol. The van der Waals surface area contributed by atoms with Crippen molar-refractivity contribution in [2.45, 2.75) is 39.2 Å². The number of benzene rings is 1. The van der Waals surface area contributed by atoms with Crippen LogP contribution in [0.4, 0.5) is 0 Å². The van der Waals surface area contributed by atoms with Gasteiger partial charge in [-0.2, -0.15) is 0 Å². The Labute approximate surface area is 115 Å². The highest BCUT2D eigenvalue weighted by atomic mass is 16.5. The first-order chi connectivity index (χ1) is 8.99. The van der Waals surface area contributed by atoms with E-state index in [1.54, 1.807) is 0 Å². The molecule has 1 atom stereocenters. The summed E-state index contributed by atoms with van der Waals surface area (Å²) in [6, 6.07) is 7.90. The number of likely N-dealkylation sites (N-methyl/N-ethyl adjacent to an activating group) is 1. The Morgan fingerprint density at radius 3 is 2.68 bits per heavy atom. The molecule has 19 heavy (non-hydrogen) atoms. The second-order valence-corrected chi connectivity index (χ2v) is 4.94. The molecule has 1 amide bonds. The maximum atomic E-state index is 11.4. The van der Waals surface area contributed by atoms with Crippen LogP contribution in [-0.2, 0) is 4.79 Å². The van der Waals surface area contributed by atoms with Gasteiger partial charge in [0, 0.05) is 0 Å². The molecule has 106 valence electrons. The number of ether oxygens (including phenoxy) is 1. The van der Waals surface area contributed by atoms with Gasteiger partial charge in [0.1, 0.15) is 5.75 Å². The van der Waals surface area contributed by atoms with Crippen LogP contribution in [0.3, 0.4) is 0 Å². The lowest BCUT2D eigenvalue weighted by molar-refractivity contribution is -0.124. The standard InChI is InChI=1S/C15H24N2O2/c1-4-17-15(3,14(16)18)10-7-11-19-13-9-6-5-8-12(13)2/h5-6,8-9,17H,4,7,10-11H2,1-3H3,(H2,16,18). The molecule has 4 nitrogen and oxygen atoms in total. The fourth-order valence-corrected chi connectivity index (χ4v) is 2.02. The zero-order chi connectivity index (χ0) is 14.3. The number of carbonyl (C=O) groups excluding carboxylic acids is 1. The predicted octanol–water partition coefficient (Wildman–Crippen LogP) is 2.01. The third kappa shape index (κ3) is 4.56. The van der Waals surface area contributed by atoms with Crippen LogP contribution in [0.2, 0.25) is 0 Å². The monoisotopic (exact) mass is 264 g/mol. The molecular weight excluding hydrogens is 240 g/mol. The molecule has 3 N–H and O–H groups in total. The SMILES string of the molecule is CCNC(C)(CCCOc1ccccc1C)C(N)=O. The fraction of sp³-hybridized carbons (Fsp3) is 0.533. The third-order valence-corrected chi connectivity index (χ3v) is 3.28. The van der Waals surface area contributed by atoms with E-state index >= 15 is 0 Å². The quantitative estimate of drug-likeness (QED) is 0.706. The summed E-state index contributed by atoms with van der Waals surface area (Å²) in [7, 11) is 0. The minimum Gasteiger partial charge on any atom is -0.493 e. The Kier molecular flexibility index (Phi) is 5.83. The van der Waals surface area contributed by atoms with Gasteiger partial charge in [0.15, 0.2) is 0 Å². The maximum absolute atomic E-state index is 11.4. The van der Waals surface area contributed by atoms with Crippen LogP contribution < -0.4 is 15.8 Å². The molecule has 0 saturated heterocycles. The highest BCUT2D eigenvalue weighted by molar-refractivity contribution is 5.84. The van der Waals surface area contributed by atoms with E-state index < -0.39 is 5.54 Å². The molecule has 0 bridgehead atoms. The molecule has 0 heterocycles. The molecule has 0 spiro atoms. The molecule has 0 fully saturated rings. The van der Waals surface area contributed by atoms with Crippen molar-refractivity contribution in [1.29, 1.82) is 0 Å². The molecule has 4 heteroatoms.